The van der Waals surface area contributed by atoms with E-state index in [-0.39, 0.29) is 25.2 Å². The van der Waals surface area contributed by atoms with Crippen LogP contribution in [0.2, 0.25) is 18.5 Å². The Morgan fingerprint density at radius 1 is 0.818 bits per heavy atom. The predicted octanol–water partition coefficient (Wildman–Crippen LogP) is 5.16. The summed E-state index contributed by atoms with van der Waals surface area (Å²) in [6, 6.07) is 0. The summed E-state index contributed by atoms with van der Waals surface area (Å²) in [5, 5.41) is 8.63. The summed E-state index contributed by atoms with van der Waals surface area (Å²) in [5.41, 5.74) is -0.357. The molecular weight excluding hydrogens is 274 g/mol. The van der Waals surface area contributed by atoms with Crippen LogP contribution in [-0.4, -0.2) is 30.3 Å². The van der Waals surface area contributed by atoms with E-state index in [9.17, 15) is 0 Å². The van der Waals surface area contributed by atoms with Crippen LogP contribution in [0.15, 0.2) is 0 Å². The predicted molar refractivity (Wildman–Crippen MR) is 101 cm³/mol. The largest absolute Gasteiger partial charge is 0.460 e. The van der Waals surface area contributed by atoms with Gasteiger partial charge in [-0.1, -0.05) is 55.3 Å². The Morgan fingerprint density at radius 3 is 1.14 bits per heavy atom. The SMILES string of the molecule is CB(O)C(C)C.CC(C)B1OC(C)(C)C(C)(C)O1.CC(C)C. The van der Waals surface area contributed by atoms with Crippen molar-refractivity contribution in [3.8, 4) is 0 Å². The van der Waals surface area contributed by atoms with E-state index in [4.69, 9.17) is 14.3 Å². The maximum absolute atomic E-state index is 8.63. The highest BCUT2D eigenvalue weighted by molar-refractivity contribution is 6.50. The van der Waals surface area contributed by atoms with Gasteiger partial charge in [-0.3, -0.25) is 0 Å². The molecule has 0 atom stereocenters. The summed E-state index contributed by atoms with van der Waals surface area (Å²) in [7, 11) is -0.0463. The number of hydrogen-bond donors (Lipinski definition) is 1. The highest BCUT2D eigenvalue weighted by Gasteiger charge is 2.51. The molecule has 5 heteroatoms. The Morgan fingerprint density at radius 2 is 1.05 bits per heavy atom. The molecule has 22 heavy (non-hydrogen) atoms. The molecule has 0 saturated carbocycles. The molecule has 1 rings (SSSR count). The van der Waals surface area contributed by atoms with Crippen LogP contribution in [0.1, 0.15) is 76.2 Å². The molecule has 0 aliphatic carbocycles. The lowest BCUT2D eigenvalue weighted by molar-refractivity contribution is 0.00578. The van der Waals surface area contributed by atoms with Gasteiger partial charge in [0.15, 0.2) is 0 Å². The van der Waals surface area contributed by atoms with E-state index in [2.05, 4.69) is 62.3 Å². The van der Waals surface area contributed by atoms with Crippen molar-refractivity contribution in [1.29, 1.82) is 0 Å². The van der Waals surface area contributed by atoms with Crippen molar-refractivity contribution in [3.63, 3.8) is 0 Å². The van der Waals surface area contributed by atoms with E-state index in [1.807, 2.05) is 13.8 Å². The van der Waals surface area contributed by atoms with E-state index in [0.717, 1.165) is 5.92 Å². The van der Waals surface area contributed by atoms with Crippen LogP contribution in [0.25, 0.3) is 0 Å². The van der Waals surface area contributed by atoms with Crippen LogP contribution < -0.4 is 0 Å². The molecule has 132 valence electrons. The Hall–Kier alpha value is 0.00987. The number of hydrogen-bond acceptors (Lipinski definition) is 3. The van der Waals surface area contributed by atoms with Crippen molar-refractivity contribution in [1.82, 2.24) is 0 Å². The molecule has 1 saturated heterocycles. The van der Waals surface area contributed by atoms with Gasteiger partial charge in [0.25, 0.3) is 6.92 Å². The smallest absolute Gasteiger partial charge is 0.450 e. The van der Waals surface area contributed by atoms with E-state index in [1.165, 1.54) is 0 Å². The minimum atomic E-state index is -0.179. The second-order valence-corrected chi connectivity index (χ2v) is 8.59. The third kappa shape index (κ3) is 9.91. The summed E-state index contributed by atoms with van der Waals surface area (Å²) in [4.78, 5) is 0. The summed E-state index contributed by atoms with van der Waals surface area (Å²) in [5.74, 6) is 1.66. The van der Waals surface area contributed by atoms with Crippen LogP contribution >= 0.6 is 0 Å². The third-order valence-electron chi connectivity index (χ3n) is 3.78. The van der Waals surface area contributed by atoms with E-state index in [0.29, 0.717) is 11.6 Å². The summed E-state index contributed by atoms with van der Waals surface area (Å²) < 4.78 is 11.6. The van der Waals surface area contributed by atoms with Gasteiger partial charge in [0, 0.05) is 0 Å². The fourth-order valence-electron chi connectivity index (χ4n) is 1.16. The van der Waals surface area contributed by atoms with Crippen LogP contribution in [0.3, 0.4) is 0 Å². The summed E-state index contributed by atoms with van der Waals surface area (Å²) in [6.07, 6.45) is 0. The Kier molecular flexibility index (Phi) is 11.0. The quantitative estimate of drug-likeness (QED) is 0.715. The van der Waals surface area contributed by atoms with Gasteiger partial charge in [-0.2, -0.15) is 0 Å². The fourth-order valence-corrected chi connectivity index (χ4v) is 1.16. The standard InChI is InChI=1S/C9H19BO2.C4H11BO.C4H10/c1-7(2)10-11-8(3,4)9(5,6)12-10;1-4(2)5(3)6;1-4(2)3/h7H,1-6H3;4,6H,1-3H3;4H,1-3H3. The Balaban J connectivity index is 0. The van der Waals surface area contributed by atoms with Crippen LogP contribution in [0, 0.1) is 5.92 Å². The second kappa shape index (κ2) is 10.00. The minimum absolute atomic E-state index is 0.0463. The molecule has 1 heterocycles. The first-order chi connectivity index (χ1) is 9.64. The van der Waals surface area contributed by atoms with Crippen molar-refractivity contribution in [2.75, 3.05) is 0 Å². The zero-order valence-corrected chi connectivity index (χ0v) is 17.2. The molecule has 0 bridgehead atoms. The first-order valence-corrected chi connectivity index (χ1v) is 8.67. The first kappa shape index (κ1) is 24.3. The molecule has 3 nitrogen and oxygen atoms in total. The van der Waals surface area contributed by atoms with Crippen LogP contribution in [0.5, 0.6) is 0 Å². The average Bonchev–Trinajstić information content (AvgIpc) is 2.48. The molecule has 0 unspecified atom stereocenters. The summed E-state index contributed by atoms with van der Waals surface area (Å²) in [6.45, 7) is 24.7. The van der Waals surface area contributed by atoms with Gasteiger partial charge in [0.2, 0.25) is 0 Å². The van der Waals surface area contributed by atoms with E-state index in [1.54, 1.807) is 6.82 Å². The highest BCUT2D eigenvalue weighted by Crippen LogP contribution is 2.39. The van der Waals surface area contributed by atoms with E-state index >= 15 is 0 Å². The lowest BCUT2D eigenvalue weighted by Crippen LogP contribution is -2.41. The molecule has 0 spiro atoms. The molecule has 1 aliphatic rings. The van der Waals surface area contributed by atoms with Gasteiger partial charge in [-0.15, -0.1) is 0 Å². The topological polar surface area (TPSA) is 38.7 Å². The van der Waals surface area contributed by atoms with Gasteiger partial charge in [-0.25, -0.2) is 0 Å². The molecule has 0 aromatic rings. The molecule has 1 aliphatic heterocycles. The van der Waals surface area contributed by atoms with Gasteiger partial charge in [0.05, 0.1) is 11.2 Å². The molecule has 0 aromatic heterocycles. The normalized spacial score (nSPS) is 18.8. The monoisotopic (exact) mass is 314 g/mol. The molecule has 0 radical (unpaired) electrons. The van der Waals surface area contributed by atoms with Crippen molar-refractivity contribution in [3.05, 3.63) is 0 Å². The van der Waals surface area contributed by atoms with Crippen molar-refractivity contribution >= 4 is 14.0 Å². The fraction of sp³-hybridized carbons (Fsp3) is 1.00. The maximum atomic E-state index is 8.63. The van der Waals surface area contributed by atoms with Gasteiger partial charge in [0.1, 0.15) is 0 Å². The first-order valence-electron chi connectivity index (χ1n) is 8.67. The van der Waals surface area contributed by atoms with Crippen molar-refractivity contribution in [2.45, 2.75) is 106 Å². The molecule has 0 aromatic carbocycles. The zero-order valence-electron chi connectivity index (χ0n) is 17.2. The lowest BCUT2D eigenvalue weighted by atomic mass is 9.61. The molecule has 0 amide bonds. The number of rotatable bonds is 2. The lowest BCUT2D eigenvalue weighted by Gasteiger charge is -2.32. The second-order valence-electron chi connectivity index (χ2n) is 8.59. The van der Waals surface area contributed by atoms with Crippen LogP contribution in [0.4, 0.5) is 0 Å². The van der Waals surface area contributed by atoms with Crippen molar-refractivity contribution in [2.24, 2.45) is 5.92 Å². The molecule has 1 N–H and O–H groups in total. The van der Waals surface area contributed by atoms with Gasteiger partial charge >= 0.3 is 7.12 Å². The minimum Gasteiger partial charge on any atom is -0.450 e. The van der Waals surface area contributed by atoms with Gasteiger partial charge in [-0.05, 0) is 45.2 Å². The van der Waals surface area contributed by atoms with Crippen molar-refractivity contribution < 1.29 is 14.3 Å². The van der Waals surface area contributed by atoms with Gasteiger partial charge < -0.3 is 14.3 Å². The summed E-state index contributed by atoms with van der Waals surface area (Å²) >= 11 is 0. The average molecular weight is 314 g/mol. The van der Waals surface area contributed by atoms with Crippen LogP contribution in [-0.2, 0) is 9.31 Å². The molecule has 1 fully saturated rings. The maximum Gasteiger partial charge on any atom is 0.460 e. The third-order valence-corrected chi connectivity index (χ3v) is 3.78. The molecular formula is C17H40B2O3. The van der Waals surface area contributed by atoms with E-state index < -0.39 is 0 Å². The highest BCUT2D eigenvalue weighted by atomic mass is 16.7. The zero-order chi connectivity index (χ0) is 18.3. The Bertz CT molecular complexity index is 263. The Labute approximate surface area is 140 Å².